The van der Waals surface area contributed by atoms with E-state index in [0.717, 1.165) is 83.5 Å². The number of esters is 3. The molecular weight excluding hydrogens is 829 g/mol. The molecule has 0 aliphatic rings. The fourth-order valence-corrected chi connectivity index (χ4v) is 7.83. The smallest absolute Gasteiger partial charge is 0.306 e. The van der Waals surface area contributed by atoms with E-state index in [-0.39, 0.29) is 31.1 Å². The summed E-state index contributed by atoms with van der Waals surface area (Å²) in [6.07, 6.45) is 70.2. The standard InChI is InChI=1S/C61H106O6/c1-4-7-10-13-16-19-22-25-28-29-30-31-34-37-40-43-46-49-52-55-61(64)67-58(56-65-59(62)53-50-47-44-41-38-35-32-26-23-20-17-14-11-8-5-2)57-66-60(63)54-51-48-45-42-39-36-33-27-24-21-18-15-12-9-6-3/h16,19-21,23-25,28,30-31,37,40,58H,4-15,17-18,22,26-27,29,32-36,38-39,41-57H2,1-3H3/b19-16-,23-20-,24-21-,28-25-,31-30-,40-37-. The van der Waals surface area contributed by atoms with Gasteiger partial charge in [0.25, 0.3) is 0 Å². The first-order valence-corrected chi connectivity index (χ1v) is 28.4. The fraction of sp³-hybridized carbons (Fsp3) is 0.754. The highest BCUT2D eigenvalue weighted by Crippen LogP contribution is 2.14. The van der Waals surface area contributed by atoms with Gasteiger partial charge in [-0.05, 0) is 116 Å². The summed E-state index contributed by atoms with van der Waals surface area (Å²) in [5.41, 5.74) is 0. The molecule has 0 aliphatic heterocycles. The van der Waals surface area contributed by atoms with E-state index in [9.17, 15) is 14.4 Å². The van der Waals surface area contributed by atoms with Gasteiger partial charge in [0.05, 0.1) is 0 Å². The maximum absolute atomic E-state index is 12.8. The summed E-state index contributed by atoms with van der Waals surface area (Å²) in [5.74, 6) is -0.924. The molecule has 67 heavy (non-hydrogen) atoms. The molecule has 0 unspecified atom stereocenters. The van der Waals surface area contributed by atoms with Crippen LogP contribution in [0, 0.1) is 0 Å². The molecule has 0 saturated carbocycles. The zero-order chi connectivity index (χ0) is 48.6. The van der Waals surface area contributed by atoms with E-state index in [0.29, 0.717) is 19.3 Å². The second-order valence-electron chi connectivity index (χ2n) is 18.8. The molecule has 0 N–H and O–H groups in total. The van der Waals surface area contributed by atoms with Gasteiger partial charge in [0.2, 0.25) is 0 Å². The van der Waals surface area contributed by atoms with E-state index >= 15 is 0 Å². The average molecular weight is 936 g/mol. The van der Waals surface area contributed by atoms with Crippen molar-refractivity contribution in [2.45, 2.75) is 284 Å². The Labute approximate surface area is 414 Å². The van der Waals surface area contributed by atoms with Crippen molar-refractivity contribution in [2.24, 2.45) is 0 Å². The molecule has 0 saturated heterocycles. The Morgan fingerprint density at radius 3 is 0.896 bits per heavy atom. The maximum Gasteiger partial charge on any atom is 0.306 e. The number of carbonyl (C=O) groups excluding carboxylic acids is 3. The third-order valence-electron chi connectivity index (χ3n) is 12.2. The van der Waals surface area contributed by atoms with Crippen molar-refractivity contribution >= 4 is 17.9 Å². The monoisotopic (exact) mass is 935 g/mol. The second-order valence-corrected chi connectivity index (χ2v) is 18.8. The summed E-state index contributed by atoms with van der Waals surface area (Å²) in [4.78, 5) is 38.1. The van der Waals surface area contributed by atoms with E-state index in [4.69, 9.17) is 14.2 Å². The van der Waals surface area contributed by atoms with Crippen LogP contribution in [0.15, 0.2) is 72.9 Å². The molecule has 0 aliphatic carbocycles. The van der Waals surface area contributed by atoms with E-state index in [1.807, 2.05) is 0 Å². The molecular formula is C61H106O6. The largest absolute Gasteiger partial charge is 0.462 e. The topological polar surface area (TPSA) is 78.9 Å². The number of allylic oxidation sites excluding steroid dienone is 12. The van der Waals surface area contributed by atoms with Gasteiger partial charge in [0.15, 0.2) is 6.10 Å². The molecule has 0 amide bonds. The lowest BCUT2D eigenvalue weighted by molar-refractivity contribution is -0.167. The first kappa shape index (κ1) is 63.8. The van der Waals surface area contributed by atoms with Crippen LogP contribution in [0.4, 0.5) is 0 Å². The van der Waals surface area contributed by atoms with Crippen LogP contribution in [0.5, 0.6) is 0 Å². The Hall–Kier alpha value is -3.15. The molecule has 0 aromatic rings. The van der Waals surface area contributed by atoms with Crippen molar-refractivity contribution in [3.05, 3.63) is 72.9 Å². The molecule has 0 aromatic carbocycles. The Kier molecular flexibility index (Phi) is 52.8. The molecule has 6 nitrogen and oxygen atoms in total. The molecule has 386 valence electrons. The molecule has 0 aromatic heterocycles. The predicted molar refractivity (Wildman–Crippen MR) is 288 cm³/mol. The maximum atomic E-state index is 12.8. The van der Waals surface area contributed by atoms with Gasteiger partial charge >= 0.3 is 17.9 Å². The van der Waals surface area contributed by atoms with Gasteiger partial charge in [-0.15, -0.1) is 0 Å². The molecule has 0 radical (unpaired) electrons. The second kappa shape index (κ2) is 55.4. The van der Waals surface area contributed by atoms with Crippen LogP contribution in [0.1, 0.15) is 278 Å². The van der Waals surface area contributed by atoms with Crippen molar-refractivity contribution in [2.75, 3.05) is 13.2 Å². The molecule has 0 atom stereocenters. The SMILES string of the molecule is CCCCC/C=C\C/C=C\C/C=C\C/C=C\CCCCCC(=O)OC(COC(=O)CCCCCCCCC/C=C\CCCCCC)COC(=O)CCCCCCCCC/C=C\CCCCCC. The van der Waals surface area contributed by atoms with Crippen LogP contribution in [0.25, 0.3) is 0 Å². The third kappa shape index (κ3) is 53.7. The molecule has 0 spiro atoms. The van der Waals surface area contributed by atoms with Crippen LogP contribution in [-0.4, -0.2) is 37.2 Å². The number of hydrogen-bond donors (Lipinski definition) is 0. The van der Waals surface area contributed by atoms with Crippen LogP contribution in [-0.2, 0) is 28.6 Å². The molecule has 0 fully saturated rings. The van der Waals surface area contributed by atoms with Crippen molar-refractivity contribution < 1.29 is 28.6 Å². The zero-order valence-electron chi connectivity index (χ0n) is 44.2. The highest BCUT2D eigenvalue weighted by molar-refractivity contribution is 5.71. The molecule has 0 bridgehead atoms. The van der Waals surface area contributed by atoms with E-state index < -0.39 is 6.10 Å². The van der Waals surface area contributed by atoms with Crippen LogP contribution in [0.3, 0.4) is 0 Å². The first-order chi connectivity index (χ1) is 33.0. The summed E-state index contributed by atoms with van der Waals surface area (Å²) in [6.45, 7) is 6.57. The van der Waals surface area contributed by atoms with Crippen molar-refractivity contribution in [3.63, 3.8) is 0 Å². The third-order valence-corrected chi connectivity index (χ3v) is 12.2. The van der Waals surface area contributed by atoms with Gasteiger partial charge < -0.3 is 14.2 Å². The van der Waals surface area contributed by atoms with Gasteiger partial charge in [-0.2, -0.15) is 0 Å². The molecule has 0 heterocycles. The van der Waals surface area contributed by atoms with Crippen molar-refractivity contribution in [1.29, 1.82) is 0 Å². The zero-order valence-corrected chi connectivity index (χ0v) is 44.2. The van der Waals surface area contributed by atoms with Crippen LogP contribution < -0.4 is 0 Å². The quantitative estimate of drug-likeness (QED) is 0.0262. The highest BCUT2D eigenvalue weighted by atomic mass is 16.6. The summed E-state index contributed by atoms with van der Waals surface area (Å²) in [7, 11) is 0. The minimum Gasteiger partial charge on any atom is -0.462 e. The predicted octanol–water partition coefficient (Wildman–Crippen LogP) is 19.0. The number of rotatable bonds is 51. The first-order valence-electron chi connectivity index (χ1n) is 28.4. The number of carbonyl (C=O) groups is 3. The molecule has 0 rings (SSSR count). The van der Waals surface area contributed by atoms with E-state index in [1.54, 1.807) is 0 Å². The highest BCUT2D eigenvalue weighted by Gasteiger charge is 2.19. The lowest BCUT2D eigenvalue weighted by atomic mass is 10.1. The van der Waals surface area contributed by atoms with Gasteiger partial charge in [-0.3, -0.25) is 14.4 Å². The number of unbranched alkanes of at least 4 members (excludes halogenated alkanes) is 28. The summed E-state index contributed by atoms with van der Waals surface area (Å²) in [5, 5.41) is 0. The van der Waals surface area contributed by atoms with Gasteiger partial charge in [0, 0.05) is 19.3 Å². The van der Waals surface area contributed by atoms with E-state index in [1.165, 1.54) is 154 Å². The van der Waals surface area contributed by atoms with E-state index in [2.05, 4.69) is 93.7 Å². The van der Waals surface area contributed by atoms with Gasteiger partial charge in [-0.25, -0.2) is 0 Å². The molecule has 6 heteroatoms. The van der Waals surface area contributed by atoms with Crippen LogP contribution >= 0.6 is 0 Å². The Bertz CT molecular complexity index is 1200. The Balaban J connectivity index is 4.46. The normalized spacial score (nSPS) is 12.2. The lowest BCUT2D eigenvalue weighted by Gasteiger charge is -2.18. The fourth-order valence-electron chi connectivity index (χ4n) is 7.83. The van der Waals surface area contributed by atoms with Crippen molar-refractivity contribution in [3.8, 4) is 0 Å². The van der Waals surface area contributed by atoms with Crippen LogP contribution in [0.2, 0.25) is 0 Å². The number of hydrogen-bond acceptors (Lipinski definition) is 6. The summed E-state index contributed by atoms with van der Waals surface area (Å²) < 4.78 is 16.8. The lowest BCUT2D eigenvalue weighted by Crippen LogP contribution is -2.30. The summed E-state index contributed by atoms with van der Waals surface area (Å²) >= 11 is 0. The van der Waals surface area contributed by atoms with Gasteiger partial charge in [-0.1, -0.05) is 216 Å². The minimum atomic E-state index is -0.796. The number of ether oxygens (including phenoxy) is 3. The van der Waals surface area contributed by atoms with Crippen molar-refractivity contribution in [1.82, 2.24) is 0 Å². The average Bonchev–Trinajstić information content (AvgIpc) is 3.33. The van der Waals surface area contributed by atoms with Gasteiger partial charge in [0.1, 0.15) is 13.2 Å². The summed E-state index contributed by atoms with van der Waals surface area (Å²) in [6, 6.07) is 0. The Morgan fingerprint density at radius 2 is 0.537 bits per heavy atom. The Morgan fingerprint density at radius 1 is 0.299 bits per heavy atom. The minimum absolute atomic E-state index is 0.0914.